The summed E-state index contributed by atoms with van der Waals surface area (Å²) in [4.78, 5) is 13.0. The lowest BCUT2D eigenvalue weighted by Crippen LogP contribution is -2.46. The number of pyridine rings is 1. The molecule has 0 aliphatic carbocycles. The average molecular weight is 415 g/mol. The SMILES string of the molecule is CCNC(=NCCOc1ccc(C(F)(F)F)cn1)N1CCC(N2CCOCC2)C1. The Labute approximate surface area is 168 Å². The van der Waals surface area contributed by atoms with Gasteiger partial charge in [0.1, 0.15) is 6.61 Å². The van der Waals surface area contributed by atoms with Crippen LogP contribution in [-0.4, -0.2) is 85.9 Å². The Morgan fingerprint density at radius 3 is 2.76 bits per heavy atom. The van der Waals surface area contributed by atoms with Gasteiger partial charge in [0.15, 0.2) is 5.96 Å². The van der Waals surface area contributed by atoms with E-state index >= 15 is 0 Å². The zero-order chi connectivity index (χ0) is 20.7. The lowest BCUT2D eigenvalue weighted by atomic mass is 10.2. The molecule has 2 fully saturated rings. The molecule has 2 saturated heterocycles. The number of nitrogens with one attached hydrogen (secondary N) is 1. The number of morpholine rings is 1. The molecule has 0 aromatic carbocycles. The van der Waals surface area contributed by atoms with Crippen LogP contribution in [0.2, 0.25) is 0 Å². The van der Waals surface area contributed by atoms with Crippen molar-refractivity contribution in [3.05, 3.63) is 23.9 Å². The number of aromatic nitrogens is 1. The molecule has 0 saturated carbocycles. The number of hydrogen-bond donors (Lipinski definition) is 1. The maximum absolute atomic E-state index is 12.6. The summed E-state index contributed by atoms with van der Waals surface area (Å²) in [5, 5.41) is 3.31. The molecule has 10 heteroatoms. The number of rotatable bonds is 6. The van der Waals surface area contributed by atoms with Gasteiger partial charge in [-0.2, -0.15) is 13.2 Å². The van der Waals surface area contributed by atoms with Crippen LogP contribution in [0.15, 0.2) is 23.3 Å². The number of guanidine groups is 1. The Bertz CT molecular complexity index is 663. The predicted octanol–water partition coefficient (Wildman–Crippen LogP) is 1.85. The maximum atomic E-state index is 12.6. The van der Waals surface area contributed by atoms with Gasteiger partial charge in [0.25, 0.3) is 0 Å². The van der Waals surface area contributed by atoms with Crippen molar-refractivity contribution >= 4 is 5.96 Å². The standard InChI is InChI=1S/C19H28F3N5O2/c1-2-23-18(27-7-5-16(14-27)26-8-11-28-12-9-26)24-6-10-29-17-4-3-15(13-25-17)19(20,21)22/h3-4,13,16H,2,5-12,14H2,1H3,(H,23,24). The van der Waals surface area contributed by atoms with Gasteiger partial charge >= 0.3 is 6.18 Å². The first-order valence-corrected chi connectivity index (χ1v) is 9.98. The van der Waals surface area contributed by atoms with Crippen LogP contribution in [0.25, 0.3) is 0 Å². The molecule has 3 heterocycles. The number of aliphatic imine (C=N–C) groups is 1. The summed E-state index contributed by atoms with van der Waals surface area (Å²) in [6.07, 6.45) is -2.53. The topological polar surface area (TPSA) is 62.2 Å². The molecule has 0 radical (unpaired) electrons. The molecule has 0 bridgehead atoms. The van der Waals surface area contributed by atoms with E-state index in [1.807, 2.05) is 6.92 Å². The Morgan fingerprint density at radius 1 is 1.31 bits per heavy atom. The highest BCUT2D eigenvalue weighted by Gasteiger charge is 2.31. The third-order valence-electron chi connectivity index (χ3n) is 5.03. The summed E-state index contributed by atoms with van der Waals surface area (Å²) < 4.78 is 48.5. The first kappa shape index (κ1) is 21.6. The minimum atomic E-state index is -4.40. The maximum Gasteiger partial charge on any atom is 0.417 e. The molecule has 3 rings (SSSR count). The van der Waals surface area contributed by atoms with Crippen LogP contribution in [0.1, 0.15) is 18.9 Å². The summed E-state index contributed by atoms with van der Waals surface area (Å²) in [6, 6.07) is 2.70. The third kappa shape index (κ3) is 6.20. The molecule has 7 nitrogen and oxygen atoms in total. The Kier molecular flexibility index (Phi) is 7.54. The van der Waals surface area contributed by atoms with Crippen LogP contribution in [0.5, 0.6) is 5.88 Å². The van der Waals surface area contributed by atoms with Crippen molar-refractivity contribution < 1.29 is 22.6 Å². The van der Waals surface area contributed by atoms with Gasteiger partial charge in [0, 0.05) is 51.0 Å². The predicted molar refractivity (Wildman–Crippen MR) is 103 cm³/mol. The van der Waals surface area contributed by atoms with Gasteiger partial charge in [-0.25, -0.2) is 9.98 Å². The number of alkyl halides is 3. The lowest BCUT2D eigenvalue weighted by molar-refractivity contribution is -0.137. The summed E-state index contributed by atoms with van der Waals surface area (Å²) >= 11 is 0. The third-order valence-corrected chi connectivity index (χ3v) is 5.03. The summed E-state index contributed by atoms with van der Waals surface area (Å²) in [7, 11) is 0. The first-order valence-electron chi connectivity index (χ1n) is 9.98. The summed E-state index contributed by atoms with van der Waals surface area (Å²) in [6.45, 7) is 8.81. The molecular weight excluding hydrogens is 387 g/mol. The van der Waals surface area contributed by atoms with Gasteiger partial charge in [0.2, 0.25) is 5.88 Å². The highest BCUT2D eigenvalue weighted by Crippen LogP contribution is 2.29. The Morgan fingerprint density at radius 2 is 2.10 bits per heavy atom. The monoisotopic (exact) mass is 415 g/mol. The van der Waals surface area contributed by atoms with Crippen molar-refractivity contribution in [2.45, 2.75) is 25.6 Å². The van der Waals surface area contributed by atoms with Crippen molar-refractivity contribution in [1.29, 1.82) is 0 Å². The highest BCUT2D eigenvalue weighted by molar-refractivity contribution is 5.80. The Hall–Kier alpha value is -2.07. The van der Waals surface area contributed by atoms with Gasteiger partial charge < -0.3 is 19.7 Å². The van der Waals surface area contributed by atoms with E-state index in [0.29, 0.717) is 12.6 Å². The second-order valence-electron chi connectivity index (χ2n) is 7.00. The fourth-order valence-corrected chi connectivity index (χ4v) is 3.54. The molecule has 1 aromatic heterocycles. The second-order valence-corrected chi connectivity index (χ2v) is 7.00. The smallest absolute Gasteiger partial charge is 0.417 e. The highest BCUT2D eigenvalue weighted by atomic mass is 19.4. The van der Waals surface area contributed by atoms with E-state index in [2.05, 4.69) is 25.1 Å². The molecule has 0 spiro atoms. The molecule has 162 valence electrons. The van der Waals surface area contributed by atoms with Crippen molar-refractivity contribution in [2.75, 3.05) is 59.1 Å². The minimum absolute atomic E-state index is 0.159. The Balaban J connectivity index is 1.48. The summed E-state index contributed by atoms with van der Waals surface area (Å²) in [5.41, 5.74) is -0.791. The molecule has 1 aromatic rings. The number of likely N-dealkylation sites (tertiary alicyclic amines) is 1. The van der Waals surface area contributed by atoms with Gasteiger partial charge in [0.05, 0.1) is 25.3 Å². The summed E-state index contributed by atoms with van der Waals surface area (Å²) in [5.74, 6) is 0.999. The van der Waals surface area contributed by atoms with E-state index < -0.39 is 11.7 Å². The van der Waals surface area contributed by atoms with Gasteiger partial charge in [-0.15, -0.1) is 0 Å². The quantitative estimate of drug-likeness (QED) is 0.435. The fraction of sp³-hybridized carbons (Fsp3) is 0.684. The zero-order valence-corrected chi connectivity index (χ0v) is 16.6. The molecule has 2 aliphatic heterocycles. The molecule has 1 unspecified atom stereocenters. The van der Waals surface area contributed by atoms with Crippen LogP contribution >= 0.6 is 0 Å². The molecule has 29 heavy (non-hydrogen) atoms. The normalized spacial score (nSPS) is 21.4. The van der Waals surface area contributed by atoms with Gasteiger partial charge in [-0.1, -0.05) is 0 Å². The van der Waals surface area contributed by atoms with E-state index in [0.717, 1.165) is 70.6 Å². The largest absolute Gasteiger partial charge is 0.476 e. The first-order chi connectivity index (χ1) is 14.0. The zero-order valence-electron chi connectivity index (χ0n) is 16.6. The van der Waals surface area contributed by atoms with Crippen LogP contribution in [0, 0.1) is 0 Å². The van der Waals surface area contributed by atoms with Gasteiger partial charge in [-0.05, 0) is 19.4 Å². The molecule has 1 N–H and O–H groups in total. The van der Waals surface area contributed by atoms with E-state index in [1.165, 1.54) is 6.07 Å². The lowest BCUT2D eigenvalue weighted by Gasteiger charge is -2.32. The van der Waals surface area contributed by atoms with Crippen LogP contribution < -0.4 is 10.1 Å². The van der Waals surface area contributed by atoms with Gasteiger partial charge in [-0.3, -0.25) is 4.90 Å². The second kappa shape index (κ2) is 10.1. The molecule has 1 atom stereocenters. The van der Waals surface area contributed by atoms with Crippen molar-refractivity contribution in [3.63, 3.8) is 0 Å². The van der Waals surface area contributed by atoms with E-state index in [-0.39, 0.29) is 12.5 Å². The number of ether oxygens (including phenoxy) is 2. The van der Waals surface area contributed by atoms with Crippen molar-refractivity contribution in [2.24, 2.45) is 4.99 Å². The van der Waals surface area contributed by atoms with Crippen molar-refractivity contribution in [1.82, 2.24) is 20.1 Å². The van der Waals surface area contributed by atoms with E-state index in [1.54, 1.807) is 0 Å². The molecular formula is C19H28F3N5O2. The number of halogens is 3. The average Bonchev–Trinajstić information content (AvgIpc) is 3.21. The number of nitrogens with zero attached hydrogens (tertiary/aromatic N) is 4. The number of hydrogen-bond acceptors (Lipinski definition) is 5. The van der Waals surface area contributed by atoms with E-state index in [9.17, 15) is 13.2 Å². The fourth-order valence-electron chi connectivity index (χ4n) is 3.54. The molecule has 2 aliphatic rings. The van der Waals surface area contributed by atoms with Crippen LogP contribution in [-0.2, 0) is 10.9 Å². The van der Waals surface area contributed by atoms with E-state index in [4.69, 9.17) is 9.47 Å². The van der Waals surface area contributed by atoms with Crippen LogP contribution in [0.4, 0.5) is 13.2 Å². The van der Waals surface area contributed by atoms with Crippen molar-refractivity contribution in [3.8, 4) is 5.88 Å². The minimum Gasteiger partial charge on any atom is -0.476 e. The van der Waals surface area contributed by atoms with Crippen LogP contribution in [0.3, 0.4) is 0 Å². The molecule has 0 amide bonds.